The van der Waals surface area contributed by atoms with Gasteiger partial charge in [0.2, 0.25) is 0 Å². The molecule has 2 aliphatic rings. The summed E-state index contributed by atoms with van der Waals surface area (Å²) in [7, 11) is 1.65. The van der Waals surface area contributed by atoms with E-state index < -0.39 is 0 Å². The lowest BCUT2D eigenvalue weighted by atomic mass is 9.68. The fourth-order valence-electron chi connectivity index (χ4n) is 3.55. The number of rotatable bonds is 4. The lowest BCUT2D eigenvalue weighted by molar-refractivity contribution is 0.00943. The third-order valence-electron chi connectivity index (χ3n) is 4.66. The van der Waals surface area contributed by atoms with Gasteiger partial charge in [-0.2, -0.15) is 0 Å². The predicted octanol–water partition coefficient (Wildman–Crippen LogP) is 2.04. The zero-order chi connectivity index (χ0) is 12.1. The minimum absolute atomic E-state index is 0.319. The second-order valence-corrected chi connectivity index (χ2v) is 5.97. The summed E-state index contributed by atoms with van der Waals surface area (Å²) in [4.78, 5) is 2.41. The zero-order valence-corrected chi connectivity index (χ0v) is 11.2. The summed E-state index contributed by atoms with van der Waals surface area (Å²) < 4.78 is 4.98. The summed E-state index contributed by atoms with van der Waals surface area (Å²) in [5, 5.41) is 9.74. The van der Waals surface area contributed by atoms with Crippen LogP contribution in [0.25, 0.3) is 0 Å². The summed E-state index contributed by atoms with van der Waals surface area (Å²) >= 11 is 0. The van der Waals surface area contributed by atoms with Gasteiger partial charge in [0, 0.05) is 13.7 Å². The minimum atomic E-state index is -0.319. The SMILES string of the molecule is COCC(O)CN1CCC2(CCCCC2)CC1. The smallest absolute Gasteiger partial charge is 0.0900 e. The van der Waals surface area contributed by atoms with Crippen molar-refractivity contribution in [2.24, 2.45) is 5.41 Å². The van der Waals surface area contributed by atoms with Crippen molar-refractivity contribution >= 4 is 0 Å². The van der Waals surface area contributed by atoms with Gasteiger partial charge in [-0.1, -0.05) is 19.3 Å². The monoisotopic (exact) mass is 241 g/mol. The fourth-order valence-corrected chi connectivity index (χ4v) is 3.55. The van der Waals surface area contributed by atoms with E-state index >= 15 is 0 Å². The van der Waals surface area contributed by atoms with E-state index in [0.29, 0.717) is 12.0 Å². The van der Waals surface area contributed by atoms with Gasteiger partial charge in [0.25, 0.3) is 0 Å². The van der Waals surface area contributed by atoms with Crippen LogP contribution in [0, 0.1) is 5.41 Å². The molecule has 0 aromatic heterocycles. The van der Waals surface area contributed by atoms with Gasteiger partial charge >= 0.3 is 0 Å². The fraction of sp³-hybridized carbons (Fsp3) is 1.00. The number of β-amino-alcohol motifs (C(OH)–C–C–N with tert-alkyl or cyclic N) is 1. The average Bonchev–Trinajstić information content (AvgIpc) is 2.34. The summed E-state index contributed by atoms with van der Waals surface area (Å²) in [5.74, 6) is 0. The Morgan fingerprint density at radius 3 is 2.35 bits per heavy atom. The molecule has 0 bridgehead atoms. The van der Waals surface area contributed by atoms with Gasteiger partial charge in [0.1, 0.15) is 0 Å². The van der Waals surface area contributed by atoms with Crippen LogP contribution in [-0.4, -0.2) is 49.5 Å². The van der Waals surface area contributed by atoms with Gasteiger partial charge < -0.3 is 14.7 Å². The van der Waals surface area contributed by atoms with Crippen LogP contribution >= 0.6 is 0 Å². The molecule has 0 aromatic rings. The molecular weight excluding hydrogens is 214 g/mol. The number of piperidine rings is 1. The van der Waals surface area contributed by atoms with E-state index in [1.54, 1.807) is 7.11 Å². The summed E-state index contributed by atoms with van der Waals surface area (Å²) in [6.07, 6.45) is 9.57. The molecule has 1 saturated heterocycles. The van der Waals surface area contributed by atoms with Crippen LogP contribution in [0.3, 0.4) is 0 Å². The van der Waals surface area contributed by atoms with E-state index in [2.05, 4.69) is 4.90 Å². The first-order valence-electron chi connectivity index (χ1n) is 7.13. The number of ether oxygens (including phenoxy) is 1. The number of nitrogens with zero attached hydrogens (tertiary/aromatic N) is 1. The van der Waals surface area contributed by atoms with Crippen molar-refractivity contribution in [1.82, 2.24) is 4.90 Å². The topological polar surface area (TPSA) is 32.7 Å². The van der Waals surface area contributed by atoms with Gasteiger partial charge in [-0.15, -0.1) is 0 Å². The Bertz CT molecular complexity index is 216. The van der Waals surface area contributed by atoms with Crippen molar-refractivity contribution in [3.63, 3.8) is 0 Å². The molecule has 1 unspecified atom stereocenters. The maximum Gasteiger partial charge on any atom is 0.0900 e. The molecule has 1 N–H and O–H groups in total. The van der Waals surface area contributed by atoms with Crippen LogP contribution < -0.4 is 0 Å². The maximum absolute atomic E-state index is 9.74. The molecular formula is C14H27NO2. The molecule has 3 heteroatoms. The highest BCUT2D eigenvalue weighted by atomic mass is 16.5. The Balaban J connectivity index is 1.73. The van der Waals surface area contributed by atoms with Crippen molar-refractivity contribution in [1.29, 1.82) is 0 Å². The van der Waals surface area contributed by atoms with Gasteiger partial charge in [-0.05, 0) is 44.2 Å². The highest BCUT2D eigenvalue weighted by molar-refractivity contribution is 4.88. The largest absolute Gasteiger partial charge is 0.389 e. The first-order valence-corrected chi connectivity index (χ1v) is 7.13. The van der Waals surface area contributed by atoms with Crippen molar-refractivity contribution in [2.45, 2.75) is 51.0 Å². The van der Waals surface area contributed by atoms with Crippen molar-refractivity contribution < 1.29 is 9.84 Å². The molecule has 100 valence electrons. The molecule has 1 aliphatic carbocycles. The summed E-state index contributed by atoms with van der Waals surface area (Å²) in [6.45, 7) is 3.58. The number of aliphatic hydroxyl groups is 1. The molecule has 0 amide bonds. The van der Waals surface area contributed by atoms with Crippen molar-refractivity contribution in [3.05, 3.63) is 0 Å². The van der Waals surface area contributed by atoms with Crippen LogP contribution in [0.15, 0.2) is 0 Å². The average molecular weight is 241 g/mol. The first-order chi connectivity index (χ1) is 8.24. The minimum Gasteiger partial charge on any atom is -0.389 e. The molecule has 2 rings (SSSR count). The lowest BCUT2D eigenvalue weighted by Crippen LogP contribution is -2.44. The van der Waals surface area contributed by atoms with E-state index in [1.807, 2.05) is 0 Å². The van der Waals surface area contributed by atoms with Crippen LogP contribution in [-0.2, 0) is 4.74 Å². The second kappa shape index (κ2) is 6.17. The molecule has 2 fully saturated rings. The molecule has 1 aliphatic heterocycles. The van der Waals surface area contributed by atoms with E-state index in [0.717, 1.165) is 6.54 Å². The molecule has 0 radical (unpaired) electrons. The number of likely N-dealkylation sites (tertiary alicyclic amines) is 1. The maximum atomic E-state index is 9.74. The number of hydrogen-bond donors (Lipinski definition) is 1. The molecule has 17 heavy (non-hydrogen) atoms. The third kappa shape index (κ3) is 3.67. The Kier molecular flexibility index (Phi) is 4.83. The van der Waals surface area contributed by atoms with Crippen molar-refractivity contribution in [2.75, 3.05) is 33.4 Å². The Labute approximate surface area is 105 Å². The van der Waals surface area contributed by atoms with E-state index in [1.165, 1.54) is 58.0 Å². The van der Waals surface area contributed by atoms with Crippen LogP contribution in [0.2, 0.25) is 0 Å². The quantitative estimate of drug-likeness (QED) is 0.817. The van der Waals surface area contributed by atoms with E-state index in [-0.39, 0.29) is 6.10 Å². The molecule has 1 heterocycles. The highest BCUT2D eigenvalue weighted by Gasteiger charge is 2.35. The summed E-state index contributed by atoms with van der Waals surface area (Å²) in [5.41, 5.74) is 0.668. The number of methoxy groups -OCH3 is 1. The molecule has 1 atom stereocenters. The molecule has 3 nitrogen and oxygen atoms in total. The predicted molar refractivity (Wildman–Crippen MR) is 69.1 cm³/mol. The van der Waals surface area contributed by atoms with Gasteiger partial charge in [0.05, 0.1) is 12.7 Å². The van der Waals surface area contributed by atoms with E-state index in [4.69, 9.17) is 4.74 Å². The van der Waals surface area contributed by atoms with Gasteiger partial charge in [0.15, 0.2) is 0 Å². The van der Waals surface area contributed by atoms with Crippen LogP contribution in [0.1, 0.15) is 44.9 Å². The third-order valence-corrected chi connectivity index (χ3v) is 4.66. The number of hydrogen-bond acceptors (Lipinski definition) is 3. The second-order valence-electron chi connectivity index (χ2n) is 5.97. The molecule has 1 spiro atoms. The molecule has 0 aromatic carbocycles. The summed E-state index contributed by atoms with van der Waals surface area (Å²) in [6, 6.07) is 0. The van der Waals surface area contributed by atoms with Crippen LogP contribution in [0.4, 0.5) is 0 Å². The Morgan fingerprint density at radius 2 is 1.76 bits per heavy atom. The Morgan fingerprint density at radius 1 is 1.12 bits per heavy atom. The number of aliphatic hydroxyl groups excluding tert-OH is 1. The normalized spacial score (nSPS) is 27.2. The highest BCUT2D eigenvalue weighted by Crippen LogP contribution is 2.44. The van der Waals surface area contributed by atoms with Crippen molar-refractivity contribution in [3.8, 4) is 0 Å². The standard InChI is InChI=1S/C14H27NO2/c1-17-12-13(16)11-15-9-7-14(8-10-15)5-3-2-4-6-14/h13,16H,2-12H2,1H3. The first kappa shape index (κ1) is 13.3. The Hall–Kier alpha value is -0.120. The zero-order valence-electron chi connectivity index (χ0n) is 11.2. The van der Waals surface area contributed by atoms with Gasteiger partial charge in [-0.3, -0.25) is 0 Å². The molecule has 1 saturated carbocycles. The van der Waals surface area contributed by atoms with Gasteiger partial charge in [-0.25, -0.2) is 0 Å². The lowest BCUT2D eigenvalue weighted by Gasteiger charge is -2.44. The van der Waals surface area contributed by atoms with Crippen LogP contribution in [0.5, 0.6) is 0 Å². The van der Waals surface area contributed by atoms with E-state index in [9.17, 15) is 5.11 Å².